The number of hydrogen-bond donors (Lipinski definition) is 2. The summed E-state index contributed by atoms with van der Waals surface area (Å²) in [4.78, 5) is 0. The molecule has 0 aromatic rings. The molecule has 4 heteroatoms. The maximum absolute atomic E-state index is 9.92. The van der Waals surface area contributed by atoms with Gasteiger partial charge in [-0.25, -0.2) is 0 Å². The third kappa shape index (κ3) is 6.52. The average molecular weight is 224 g/mol. The number of hydrogen-bond acceptors (Lipinski definition) is 3. The molecule has 0 aromatic heterocycles. The summed E-state index contributed by atoms with van der Waals surface area (Å²) in [5, 5.41) is 16.5. The molecular formula is C4H9O3Sn. The number of aliphatic hydroxyl groups is 2. The van der Waals surface area contributed by atoms with Crippen LogP contribution in [0, 0.1) is 0 Å². The molecule has 0 saturated carbocycles. The van der Waals surface area contributed by atoms with Crippen molar-refractivity contribution < 1.29 is 13.3 Å². The Hall–Kier alpha value is 0.519. The van der Waals surface area contributed by atoms with Crippen molar-refractivity contribution in [2.45, 2.75) is 23.6 Å². The molecule has 0 aliphatic carbocycles. The third-order valence-corrected chi connectivity index (χ3v) is 2.33. The molecule has 3 nitrogen and oxygen atoms in total. The topological polar surface area (TPSA) is 57.5 Å². The van der Waals surface area contributed by atoms with Gasteiger partial charge < -0.3 is 0 Å². The summed E-state index contributed by atoms with van der Waals surface area (Å²) >= 11 is -1.32. The minimum atomic E-state index is -1.32. The zero-order valence-corrected chi connectivity index (χ0v) is 7.36. The van der Waals surface area contributed by atoms with Gasteiger partial charge in [0.05, 0.1) is 0 Å². The van der Waals surface area contributed by atoms with Crippen LogP contribution in [0.3, 0.4) is 0 Å². The van der Waals surface area contributed by atoms with Crippen LogP contribution in [0.25, 0.3) is 0 Å². The van der Waals surface area contributed by atoms with Gasteiger partial charge in [0.15, 0.2) is 0 Å². The van der Waals surface area contributed by atoms with E-state index in [4.69, 9.17) is 10.2 Å². The second kappa shape index (κ2) is 5.65. The first-order valence-electron chi connectivity index (χ1n) is 2.48. The van der Waals surface area contributed by atoms with E-state index in [2.05, 4.69) is 0 Å². The van der Waals surface area contributed by atoms with Crippen LogP contribution < -0.4 is 0 Å². The molecule has 0 rings (SSSR count). The van der Waals surface area contributed by atoms with Gasteiger partial charge in [-0.05, 0) is 0 Å². The summed E-state index contributed by atoms with van der Waals surface area (Å²) in [5.41, 5.74) is 0. The second-order valence-electron chi connectivity index (χ2n) is 1.52. The molecule has 8 heavy (non-hydrogen) atoms. The molecule has 47 valence electrons. The monoisotopic (exact) mass is 225 g/mol. The molecule has 0 saturated heterocycles. The molecule has 0 amide bonds. The Balaban J connectivity index is 2.81. The second-order valence-corrected chi connectivity index (χ2v) is 3.77. The molecule has 2 N–H and O–H groups in total. The van der Waals surface area contributed by atoms with Crippen molar-refractivity contribution in [1.82, 2.24) is 0 Å². The van der Waals surface area contributed by atoms with Crippen LogP contribution in [-0.2, 0) is 3.08 Å². The van der Waals surface area contributed by atoms with Crippen LogP contribution in [0.15, 0.2) is 0 Å². The first-order chi connectivity index (χ1) is 3.77. The van der Waals surface area contributed by atoms with E-state index in [1.807, 2.05) is 0 Å². The van der Waals surface area contributed by atoms with Crippen LogP contribution in [0.5, 0.6) is 0 Å². The van der Waals surface area contributed by atoms with Crippen molar-refractivity contribution in [2.75, 3.05) is 0 Å². The van der Waals surface area contributed by atoms with E-state index in [9.17, 15) is 3.08 Å². The summed E-state index contributed by atoms with van der Waals surface area (Å²) in [7, 11) is 0. The summed E-state index contributed by atoms with van der Waals surface area (Å²) in [6.07, 6.45) is -0.155. The number of aliphatic hydroxyl groups excluding tert-OH is 1. The van der Waals surface area contributed by atoms with Crippen molar-refractivity contribution in [3.63, 3.8) is 0 Å². The molecule has 0 spiro atoms. The molecule has 0 heterocycles. The van der Waals surface area contributed by atoms with Gasteiger partial charge in [-0.15, -0.1) is 0 Å². The van der Waals surface area contributed by atoms with Crippen LogP contribution in [0.4, 0.5) is 0 Å². The first-order valence-corrected chi connectivity index (χ1v) is 5.67. The maximum atomic E-state index is 9.92. The van der Waals surface area contributed by atoms with Crippen molar-refractivity contribution >= 4 is 21.1 Å². The third-order valence-electron chi connectivity index (χ3n) is 0.741. The van der Waals surface area contributed by atoms with E-state index in [1.165, 1.54) is 0 Å². The molecule has 0 bridgehead atoms. The fraction of sp³-hybridized carbons (Fsp3) is 1.00. The zero-order valence-electron chi connectivity index (χ0n) is 4.50. The van der Waals surface area contributed by atoms with Crippen LogP contribution in [0.2, 0.25) is 4.44 Å². The van der Waals surface area contributed by atoms with E-state index in [1.54, 1.807) is 0 Å². The number of rotatable bonds is 4. The van der Waals surface area contributed by atoms with E-state index in [0.717, 1.165) is 0 Å². The summed E-state index contributed by atoms with van der Waals surface area (Å²) < 4.78 is 10.6. The quantitative estimate of drug-likeness (QED) is 0.386. The Labute approximate surface area is 58.3 Å². The Bertz CT molecular complexity index is 64.3. The van der Waals surface area contributed by atoms with Crippen LogP contribution >= 0.6 is 0 Å². The molecule has 0 unspecified atom stereocenters. The van der Waals surface area contributed by atoms with Crippen molar-refractivity contribution in [1.29, 1.82) is 0 Å². The minimum absolute atomic E-state index is 0.364. The summed E-state index contributed by atoms with van der Waals surface area (Å²) in [6.45, 7) is 0. The van der Waals surface area contributed by atoms with Crippen molar-refractivity contribution in [3.8, 4) is 0 Å². The van der Waals surface area contributed by atoms with Gasteiger partial charge in [-0.1, -0.05) is 0 Å². The van der Waals surface area contributed by atoms with Crippen molar-refractivity contribution in [3.05, 3.63) is 0 Å². The molecule has 0 fully saturated rings. The van der Waals surface area contributed by atoms with Gasteiger partial charge in [-0.2, -0.15) is 0 Å². The van der Waals surface area contributed by atoms with E-state index < -0.39 is 27.4 Å². The standard InChI is InChI=1S/C4H9O2.O.Sn/c1-2-3-4(5)6;;/h4-6H,1-3H2;;. The molecule has 0 atom stereocenters. The van der Waals surface area contributed by atoms with Gasteiger partial charge in [0.25, 0.3) is 0 Å². The van der Waals surface area contributed by atoms with Gasteiger partial charge in [0.1, 0.15) is 0 Å². The molecule has 1 radical (unpaired) electrons. The predicted octanol–water partition coefficient (Wildman–Crippen LogP) is -0.455. The summed E-state index contributed by atoms with van der Waals surface area (Å²) in [5.74, 6) is 0. The summed E-state index contributed by atoms with van der Waals surface area (Å²) in [6, 6.07) is 0. The van der Waals surface area contributed by atoms with E-state index in [0.29, 0.717) is 17.3 Å². The normalized spacial score (nSPS) is 9.88. The Morgan fingerprint density at radius 1 is 1.50 bits per heavy atom. The van der Waals surface area contributed by atoms with Crippen molar-refractivity contribution in [2.24, 2.45) is 0 Å². The zero-order chi connectivity index (χ0) is 6.41. The SMILES string of the molecule is [O]=[Sn][CH2]CCC(O)O. The molecule has 0 aromatic carbocycles. The fourth-order valence-electron chi connectivity index (χ4n) is 0.357. The Kier molecular flexibility index (Phi) is 6.02. The molecular weight excluding hydrogens is 215 g/mol. The van der Waals surface area contributed by atoms with Gasteiger partial charge >= 0.3 is 58.0 Å². The fourth-order valence-corrected chi connectivity index (χ4v) is 1.35. The van der Waals surface area contributed by atoms with Crippen LogP contribution in [0.1, 0.15) is 12.8 Å². The van der Waals surface area contributed by atoms with Gasteiger partial charge in [-0.3, -0.25) is 0 Å². The first kappa shape index (κ1) is 8.52. The Morgan fingerprint density at radius 3 is 2.50 bits per heavy atom. The van der Waals surface area contributed by atoms with Crippen LogP contribution in [-0.4, -0.2) is 37.6 Å². The van der Waals surface area contributed by atoms with Gasteiger partial charge in [0, 0.05) is 0 Å². The Morgan fingerprint density at radius 2 is 2.12 bits per heavy atom. The molecule has 0 aliphatic rings. The average Bonchev–Trinajstić information content (AvgIpc) is 1.66. The van der Waals surface area contributed by atoms with Gasteiger partial charge in [0.2, 0.25) is 0 Å². The molecule has 0 aliphatic heterocycles. The van der Waals surface area contributed by atoms with E-state index in [-0.39, 0.29) is 0 Å². The predicted molar refractivity (Wildman–Crippen MR) is 28.7 cm³/mol. The van der Waals surface area contributed by atoms with E-state index >= 15 is 0 Å².